The average Bonchev–Trinajstić information content (AvgIpc) is 3.85. The quantitative estimate of drug-likeness (QED) is 0.0744. The number of nitrogens with zero attached hydrogens (tertiary/aromatic N) is 3. The van der Waals surface area contributed by atoms with E-state index in [0.29, 0.717) is 25.7 Å². The van der Waals surface area contributed by atoms with Crippen LogP contribution < -0.4 is 21.3 Å². The molecule has 5 amide bonds. The summed E-state index contributed by atoms with van der Waals surface area (Å²) < 4.78 is 10.9. The van der Waals surface area contributed by atoms with Crippen molar-refractivity contribution in [3.63, 3.8) is 0 Å². The highest BCUT2D eigenvalue weighted by molar-refractivity contribution is 7.09. The van der Waals surface area contributed by atoms with Crippen molar-refractivity contribution in [3.05, 3.63) is 104 Å². The molecule has 2 heterocycles. The van der Waals surface area contributed by atoms with Crippen molar-refractivity contribution in [2.75, 3.05) is 13.6 Å². The highest BCUT2D eigenvalue weighted by atomic mass is 32.1. The molecule has 0 aliphatic rings. The number of rotatable bonds is 19. The molecule has 0 bridgehead atoms. The third kappa shape index (κ3) is 17.3. The first kappa shape index (κ1) is 46.4. The van der Waals surface area contributed by atoms with Crippen LogP contribution in [0.2, 0.25) is 0 Å². The number of benzene rings is 2. The van der Waals surface area contributed by atoms with E-state index >= 15 is 0 Å². The second-order valence-corrected chi connectivity index (χ2v) is 16.8. The highest BCUT2D eigenvalue weighted by Crippen LogP contribution is 2.20. The van der Waals surface area contributed by atoms with Crippen LogP contribution in [0.4, 0.5) is 14.4 Å². The monoisotopic (exact) mass is 821 g/mol. The van der Waals surface area contributed by atoms with Gasteiger partial charge in [-0.05, 0) is 64.0 Å². The Morgan fingerprint density at radius 2 is 1.44 bits per heavy atom. The van der Waals surface area contributed by atoms with Crippen LogP contribution in [0, 0.1) is 0 Å². The molecule has 0 fully saturated rings. The molecule has 3 unspecified atom stereocenters. The molecule has 310 valence electrons. The first-order chi connectivity index (χ1) is 26.7. The van der Waals surface area contributed by atoms with Crippen LogP contribution in [0.5, 0.6) is 0 Å². The molecule has 13 nitrogen and oxygen atoms in total. The largest absolute Gasteiger partial charge is 0.444 e. The van der Waals surface area contributed by atoms with Gasteiger partial charge in [0.1, 0.15) is 18.2 Å². The van der Waals surface area contributed by atoms with Crippen molar-refractivity contribution in [1.29, 1.82) is 0 Å². The summed E-state index contributed by atoms with van der Waals surface area (Å²) in [4.78, 5) is 64.1. The number of thiazole rings is 2. The fourth-order valence-corrected chi connectivity index (χ4v) is 7.08. The fraction of sp³-hybridized carbons (Fsp3) is 0.476. The number of nitrogens with one attached hydrogen (secondary N) is 4. The Bertz CT molecular complexity index is 1800. The van der Waals surface area contributed by atoms with Gasteiger partial charge in [-0.15, -0.1) is 22.7 Å². The van der Waals surface area contributed by atoms with Crippen LogP contribution in [0.1, 0.15) is 93.9 Å². The molecule has 4 aromatic rings. The summed E-state index contributed by atoms with van der Waals surface area (Å²) in [6.07, 6.45) is 2.72. The van der Waals surface area contributed by atoms with Crippen LogP contribution in [-0.2, 0) is 40.3 Å². The van der Waals surface area contributed by atoms with Crippen LogP contribution in [0.25, 0.3) is 0 Å². The van der Waals surface area contributed by atoms with Gasteiger partial charge in [-0.25, -0.2) is 19.4 Å². The lowest BCUT2D eigenvalue weighted by Crippen LogP contribution is -2.53. The maximum Gasteiger partial charge on any atom is 0.407 e. The maximum atomic E-state index is 14.2. The zero-order valence-corrected chi connectivity index (χ0v) is 34.7. The van der Waals surface area contributed by atoms with E-state index in [1.807, 2.05) is 66.0 Å². The lowest BCUT2D eigenvalue weighted by molar-refractivity contribution is -0.123. The van der Waals surface area contributed by atoms with E-state index in [4.69, 9.17) is 9.47 Å². The van der Waals surface area contributed by atoms with Gasteiger partial charge in [-0.1, -0.05) is 81.9 Å². The molecule has 3 atom stereocenters. The minimum atomic E-state index is -0.986. The standard InChI is InChI=1S/C41H55N7O6S2.CH4/c1-28(2)37-45-33(26-55-37)24-48(6)38(50)47-35(19-20-43-39(51)54-41(3,4)5)36(49)44-31(21-29-13-9-7-10-14-29)17-18-32(22-30-15-11-8-12-16-30)46-40(52)53-25-34-23-42-27-56-34;/h7-16,23,26-28,31-32,35H,17-22,24-25H2,1-6H3,(H,43,51)(H,44,49)(H,46,52)(H,47,50);1H4. The van der Waals surface area contributed by atoms with Crippen LogP contribution in [0.3, 0.4) is 0 Å². The number of ether oxygens (including phenoxy) is 2. The van der Waals surface area contributed by atoms with E-state index in [1.165, 1.54) is 16.2 Å². The molecule has 4 rings (SSSR count). The lowest BCUT2D eigenvalue weighted by atomic mass is 9.95. The Labute approximate surface area is 345 Å². The molecule has 0 radical (unpaired) electrons. The number of carbonyl (C=O) groups excluding carboxylic acids is 4. The second-order valence-electron chi connectivity index (χ2n) is 15.0. The normalized spacial score (nSPS) is 12.7. The first-order valence-electron chi connectivity index (χ1n) is 18.9. The molecule has 0 aliphatic carbocycles. The number of hydrogen-bond donors (Lipinski definition) is 4. The van der Waals surface area contributed by atoms with Crippen molar-refractivity contribution in [2.45, 2.75) is 117 Å². The van der Waals surface area contributed by atoms with Crippen molar-refractivity contribution in [2.24, 2.45) is 0 Å². The van der Waals surface area contributed by atoms with Crippen LogP contribution in [-0.4, -0.2) is 76.3 Å². The second kappa shape index (κ2) is 23.3. The van der Waals surface area contributed by atoms with Crippen molar-refractivity contribution in [3.8, 4) is 0 Å². The predicted octanol–water partition coefficient (Wildman–Crippen LogP) is 7.83. The molecule has 15 heteroatoms. The van der Waals surface area contributed by atoms with Gasteiger partial charge in [0.15, 0.2) is 0 Å². The van der Waals surface area contributed by atoms with Gasteiger partial charge in [0.2, 0.25) is 5.91 Å². The molecule has 0 spiro atoms. The molecule has 2 aromatic carbocycles. The molecule has 0 saturated heterocycles. The number of urea groups is 1. The number of carbonyl (C=O) groups is 4. The van der Waals surface area contributed by atoms with Gasteiger partial charge in [0.05, 0.1) is 27.6 Å². The van der Waals surface area contributed by atoms with E-state index in [9.17, 15) is 19.2 Å². The van der Waals surface area contributed by atoms with E-state index in [2.05, 4.69) is 45.1 Å². The van der Waals surface area contributed by atoms with E-state index in [-0.39, 0.29) is 51.5 Å². The Morgan fingerprint density at radius 1 is 0.825 bits per heavy atom. The summed E-state index contributed by atoms with van der Waals surface area (Å²) >= 11 is 2.96. The summed E-state index contributed by atoms with van der Waals surface area (Å²) in [6.45, 7) is 9.90. The van der Waals surface area contributed by atoms with Gasteiger partial charge < -0.3 is 35.6 Å². The maximum absolute atomic E-state index is 14.2. The molecular formula is C42H59N7O6S2. The van der Waals surface area contributed by atoms with Crippen molar-refractivity contribution >= 4 is 46.8 Å². The summed E-state index contributed by atoms with van der Waals surface area (Å²) in [5.41, 5.74) is 3.82. The Hall–Kier alpha value is -5.02. The topological polar surface area (TPSA) is 164 Å². The summed E-state index contributed by atoms with van der Waals surface area (Å²) in [5.74, 6) is -0.124. The zero-order valence-electron chi connectivity index (χ0n) is 33.1. The number of alkyl carbamates (subject to hydrolysis) is 2. The lowest BCUT2D eigenvalue weighted by Gasteiger charge is -2.27. The van der Waals surface area contributed by atoms with Gasteiger partial charge in [-0.2, -0.15) is 0 Å². The minimum absolute atomic E-state index is 0. The average molecular weight is 822 g/mol. The van der Waals surface area contributed by atoms with E-state index in [0.717, 1.165) is 26.7 Å². The number of hydrogen-bond acceptors (Lipinski definition) is 10. The molecule has 4 N–H and O–H groups in total. The summed E-state index contributed by atoms with van der Waals surface area (Å²) in [6, 6.07) is 17.6. The Kier molecular flexibility index (Phi) is 18.9. The predicted molar refractivity (Wildman–Crippen MR) is 226 cm³/mol. The SMILES string of the molecule is C.CC(C)c1nc(CN(C)C(=O)NC(CCNC(=O)OC(C)(C)C)C(=O)NC(CCC(Cc2ccccc2)NC(=O)OCc2cncs2)Cc2ccccc2)cs1. The van der Waals surface area contributed by atoms with Crippen molar-refractivity contribution in [1.82, 2.24) is 36.1 Å². The van der Waals surface area contributed by atoms with E-state index < -0.39 is 35.8 Å². The first-order valence-corrected chi connectivity index (χ1v) is 20.6. The number of amides is 5. The van der Waals surface area contributed by atoms with Crippen molar-refractivity contribution < 1.29 is 28.7 Å². The Balaban J connectivity index is 0.00000870. The van der Waals surface area contributed by atoms with Gasteiger partial charge in [-0.3, -0.25) is 9.78 Å². The smallest absolute Gasteiger partial charge is 0.407 e. The molecular weight excluding hydrogens is 763 g/mol. The van der Waals surface area contributed by atoms with Crippen LogP contribution in [0.15, 0.2) is 77.8 Å². The number of aromatic nitrogens is 2. The van der Waals surface area contributed by atoms with Gasteiger partial charge in [0.25, 0.3) is 0 Å². The summed E-state index contributed by atoms with van der Waals surface area (Å²) in [5, 5.41) is 14.7. The van der Waals surface area contributed by atoms with Gasteiger partial charge in [0, 0.05) is 43.2 Å². The molecule has 0 aliphatic heterocycles. The molecule has 57 heavy (non-hydrogen) atoms. The molecule has 0 saturated carbocycles. The van der Waals surface area contributed by atoms with Gasteiger partial charge >= 0.3 is 18.2 Å². The Morgan fingerprint density at radius 3 is 1.98 bits per heavy atom. The highest BCUT2D eigenvalue weighted by Gasteiger charge is 2.27. The minimum Gasteiger partial charge on any atom is -0.444 e. The third-order valence-corrected chi connectivity index (χ3v) is 10.5. The van der Waals surface area contributed by atoms with Crippen LogP contribution >= 0.6 is 22.7 Å². The summed E-state index contributed by atoms with van der Waals surface area (Å²) in [7, 11) is 1.65. The third-order valence-electron chi connectivity index (χ3n) is 8.54. The molecule has 2 aromatic heterocycles. The fourth-order valence-electron chi connectivity index (χ4n) is 5.75. The van der Waals surface area contributed by atoms with E-state index in [1.54, 1.807) is 50.9 Å². The zero-order chi connectivity index (χ0) is 40.5.